The van der Waals surface area contributed by atoms with Crippen molar-refractivity contribution in [1.82, 2.24) is 20.1 Å². The average molecular weight is 370 g/mol. The van der Waals surface area contributed by atoms with Crippen molar-refractivity contribution >= 4 is 15.7 Å². The van der Waals surface area contributed by atoms with Gasteiger partial charge in [0.1, 0.15) is 5.69 Å². The van der Waals surface area contributed by atoms with E-state index in [-0.39, 0.29) is 17.3 Å². The minimum atomic E-state index is -3.23. The number of pyridine rings is 1. The van der Waals surface area contributed by atoms with Gasteiger partial charge in [0.2, 0.25) is 0 Å². The van der Waals surface area contributed by atoms with Crippen LogP contribution in [0, 0.1) is 0 Å². The van der Waals surface area contributed by atoms with Crippen LogP contribution in [-0.4, -0.2) is 35.3 Å². The molecular weight excluding hydrogens is 352 g/mol. The zero-order chi connectivity index (χ0) is 18.7. The monoisotopic (exact) mass is 370 g/mol. The molecule has 0 bridgehead atoms. The lowest BCUT2D eigenvalue weighted by Crippen LogP contribution is -2.23. The predicted octanol–water partition coefficient (Wildman–Crippen LogP) is 1.82. The molecule has 0 fully saturated rings. The van der Waals surface area contributed by atoms with Crippen LogP contribution in [0.2, 0.25) is 0 Å². The summed E-state index contributed by atoms with van der Waals surface area (Å²) in [5.41, 5.74) is 2.61. The maximum absolute atomic E-state index is 12.3. The molecule has 0 aliphatic carbocycles. The molecule has 2 heterocycles. The summed E-state index contributed by atoms with van der Waals surface area (Å²) in [6, 6.07) is 11.6. The van der Waals surface area contributed by atoms with Gasteiger partial charge in [0.25, 0.3) is 5.91 Å². The Morgan fingerprint density at radius 2 is 1.88 bits per heavy atom. The number of carbonyl (C=O) groups excluding carboxylic acids is 1. The highest BCUT2D eigenvalue weighted by atomic mass is 32.2. The lowest BCUT2D eigenvalue weighted by molar-refractivity contribution is 0.0946. The van der Waals surface area contributed by atoms with Crippen LogP contribution in [0.25, 0.3) is 11.3 Å². The molecule has 0 radical (unpaired) electrons. The Kier molecular flexibility index (Phi) is 4.85. The number of benzene rings is 1. The fourth-order valence-electron chi connectivity index (χ4n) is 2.40. The van der Waals surface area contributed by atoms with E-state index in [1.807, 2.05) is 19.3 Å². The molecule has 1 amide bonds. The highest BCUT2D eigenvalue weighted by Crippen LogP contribution is 2.16. The molecule has 134 valence electrons. The first-order valence-corrected chi connectivity index (χ1v) is 9.75. The number of rotatable bonds is 5. The summed E-state index contributed by atoms with van der Waals surface area (Å²) in [6.07, 6.45) is 4.67. The number of amides is 1. The van der Waals surface area contributed by atoms with Crippen LogP contribution in [0.1, 0.15) is 16.1 Å². The van der Waals surface area contributed by atoms with Crippen LogP contribution in [0.4, 0.5) is 0 Å². The van der Waals surface area contributed by atoms with E-state index < -0.39 is 9.84 Å². The number of hydrogen-bond donors (Lipinski definition) is 1. The lowest BCUT2D eigenvalue weighted by Gasteiger charge is -2.07. The van der Waals surface area contributed by atoms with Crippen molar-refractivity contribution in [3.05, 3.63) is 66.1 Å². The zero-order valence-electron chi connectivity index (χ0n) is 14.4. The van der Waals surface area contributed by atoms with Gasteiger partial charge in [-0.05, 0) is 29.8 Å². The van der Waals surface area contributed by atoms with E-state index >= 15 is 0 Å². The Bertz CT molecular complexity index is 1040. The first-order chi connectivity index (χ1) is 12.3. The van der Waals surface area contributed by atoms with E-state index in [9.17, 15) is 13.2 Å². The molecule has 0 atom stereocenters. The Balaban J connectivity index is 1.69. The van der Waals surface area contributed by atoms with Gasteiger partial charge in [-0.15, -0.1) is 0 Å². The summed E-state index contributed by atoms with van der Waals surface area (Å²) in [6.45, 7) is 0.279. The summed E-state index contributed by atoms with van der Waals surface area (Å²) >= 11 is 0. The second kappa shape index (κ2) is 7.09. The third kappa shape index (κ3) is 4.15. The van der Waals surface area contributed by atoms with Gasteiger partial charge in [-0.1, -0.05) is 18.2 Å². The second-order valence-corrected chi connectivity index (χ2v) is 7.93. The molecule has 2 aromatic heterocycles. The molecule has 1 N–H and O–H groups in total. The molecule has 0 unspecified atom stereocenters. The third-order valence-electron chi connectivity index (χ3n) is 3.79. The van der Waals surface area contributed by atoms with Gasteiger partial charge in [-0.3, -0.25) is 9.48 Å². The Labute approximate surface area is 151 Å². The molecule has 3 aromatic rings. The van der Waals surface area contributed by atoms with Crippen molar-refractivity contribution in [2.24, 2.45) is 7.05 Å². The van der Waals surface area contributed by atoms with E-state index in [1.54, 1.807) is 35.1 Å². The van der Waals surface area contributed by atoms with Crippen LogP contribution in [0.15, 0.2) is 59.8 Å². The highest BCUT2D eigenvalue weighted by molar-refractivity contribution is 7.90. The highest BCUT2D eigenvalue weighted by Gasteiger charge is 2.10. The average Bonchev–Trinajstić information content (AvgIpc) is 3.06. The first-order valence-electron chi connectivity index (χ1n) is 7.86. The second-order valence-electron chi connectivity index (χ2n) is 5.91. The zero-order valence-corrected chi connectivity index (χ0v) is 15.2. The topological polar surface area (TPSA) is 94.0 Å². The van der Waals surface area contributed by atoms with Gasteiger partial charge in [0.15, 0.2) is 9.84 Å². The molecule has 26 heavy (non-hydrogen) atoms. The molecule has 3 rings (SSSR count). The molecule has 0 aliphatic heterocycles. The normalized spacial score (nSPS) is 11.3. The number of carbonyl (C=O) groups is 1. The van der Waals surface area contributed by atoms with Crippen LogP contribution in [0.5, 0.6) is 0 Å². The van der Waals surface area contributed by atoms with E-state index in [0.717, 1.165) is 17.4 Å². The van der Waals surface area contributed by atoms with Gasteiger partial charge in [-0.25, -0.2) is 13.4 Å². The lowest BCUT2D eigenvalue weighted by atomic mass is 10.2. The van der Waals surface area contributed by atoms with Crippen LogP contribution in [-0.2, 0) is 23.4 Å². The predicted molar refractivity (Wildman–Crippen MR) is 97.2 cm³/mol. The van der Waals surface area contributed by atoms with Crippen LogP contribution >= 0.6 is 0 Å². The van der Waals surface area contributed by atoms with Crippen molar-refractivity contribution in [2.75, 3.05) is 6.26 Å². The number of sulfone groups is 1. The fourth-order valence-corrected chi connectivity index (χ4v) is 3.03. The van der Waals surface area contributed by atoms with Gasteiger partial charge in [0, 0.05) is 31.6 Å². The minimum absolute atomic E-state index is 0.249. The van der Waals surface area contributed by atoms with E-state index in [4.69, 9.17) is 0 Å². The number of aryl methyl sites for hydroxylation is 1. The number of aromatic nitrogens is 3. The standard InChI is InChI=1S/C18H18N4O3S/c1-22-12-14(11-20-22)16-4-3-5-17(21-16)18(23)19-10-13-6-8-15(9-7-13)26(2,24)25/h3-9,11-12H,10H2,1-2H3,(H,19,23). The van der Waals surface area contributed by atoms with Crippen molar-refractivity contribution in [3.63, 3.8) is 0 Å². The van der Waals surface area contributed by atoms with Gasteiger partial charge < -0.3 is 5.32 Å². The maximum atomic E-state index is 12.3. The molecule has 8 heteroatoms. The number of nitrogens with one attached hydrogen (secondary N) is 1. The number of nitrogens with zero attached hydrogens (tertiary/aromatic N) is 3. The minimum Gasteiger partial charge on any atom is -0.347 e. The van der Waals surface area contributed by atoms with Gasteiger partial charge in [-0.2, -0.15) is 5.10 Å². The Morgan fingerprint density at radius 1 is 1.15 bits per heavy atom. The molecule has 0 saturated heterocycles. The van der Waals surface area contributed by atoms with Crippen molar-refractivity contribution in [2.45, 2.75) is 11.4 Å². The van der Waals surface area contributed by atoms with Crippen molar-refractivity contribution in [3.8, 4) is 11.3 Å². The van der Waals surface area contributed by atoms with Gasteiger partial charge in [0.05, 0.1) is 16.8 Å². The summed E-state index contributed by atoms with van der Waals surface area (Å²) in [5.74, 6) is -0.303. The maximum Gasteiger partial charge on any atom is 0.270 e. The van der Waals surface area contributed by atoms with Crippen LogP contribution in [0.3, 0.4) is 0 Å². The largest absolute Gasteiger partial charge is 0.347 e. The van der Waals surface area contributed by atoms with Crippen LogP contribution < -0.4 is 5.32 Å². The first kappa shape index (κ1) is 17.8. The SMILES string of the molecule is Cn1cc(-c2cccc(C(=O)NCc3ccc(S(C)(=O)=O)cc3)n2)cn1. The summed E-state index contributed by atoms with van der Waals surface area (Å²) in [4.78, 5) is 17.0. The third-order valence-corrected chi connectivity index (χ3v) is 4.92. The molecule has 1 aromatic carbocycles. The Morgan fingerprint density at radius 3 is 2.50 bits per heavy atom. The molecule has 0 aliphatic rings. The van der Waals surface area contributed by atoms with Crippen molar-refractivity contribution < 1.29 is 13.2 Å². The van der Waals surface area contributed by atoms with Crippen molar-refractivity contribution in [1.29, 1.82) is 0 Å². The smallest absolute Gasteiger partial charge is 0.270 e. The summed E-state index contributed by atoms with van der Waals surface area (Å²) in [7, 11) is -1.41. The quantitative estimate of drug-likeness (QED) is 0.739. The fraction of sp³-hybridized carbons (Fsp3) is 0.167. The van der Waals surface area contributed by atoms with E-state index in [2.05, 4.69) is 15.4 Å². The molecular formula is C18H18N4O3S. The van der Waals surface area contributed by atoms with Gasteiger partial charge >= 0.3 is 0 Å². The molecule has 7 nitrogen and oxygen atoms in total. The summed E-state index contributed by atoms with van der Waals surface area (Å²) in [5, 5.41) is 6.89. The molecule has 0 spiro atoms. The number of hydrogen-bond acceptors (Lipinski definition) is 5. The Hall–Kier alpha value is -3.00. The molecule has 0 saturated carbocycles. The summed E-state index contributed by atoms with van der Waals surface area (Å²) < 4.78 is 24.6. The van der Waals surface area contributed by atoms with E-state index in [0.29, 0.717) is 11.4 Å². The van der Waals surface area contributed by atoms with E-state index in [1.165, 1.54) is 12.1 Å².